The van der Waals surface area contributed by atoms with Crippen molar-refractivity contribution < 1.29 is 0 Å². The second-order valence-corrected chi connectivity index (χ2v) is 5.42. The Balaban J connectivity index is 3.46. The lowest BCUT2D eigenvalue weighted by atomic mass is 9.85. The first-order chi connectivity index (χ1) is 7.09. The van der Waals surface area contributed by atoms with Crippen molar-refractivity contribution in [1.82, 2.24) is 5.32 Å². The molecular weight excluding hydrogens is 182 g/mol. The van der Waals surface area contributed by atoms with Crippen molar-refractivity contribution in [1.29, 1.82) is 0 Å². The van der Waals surface area contributed by atoms with E-state index in [1.807, 2.05) is 0 Å². The first-order valence-electron chi connectivity index (χ1n) is 6.80. The maximum absolute atomic E-state index is 3.61. The minimum atomic E-state index is 0.799. The summed E-state index contributed by atoms with van der Waals surface area (Å²) in [6, 6.07) is 0. The smallest absolute Gasteiger partial charge is 0.00156 e. The summed E-state index contributed by atoms with van der Waals surface area (Å²) >= 11 is 0. The van der Waals surface area contributed by atoms with Crippen LogP contribution in [0.3, 0.4) is 0 Å². The lowest BCUT2D eigenvalue weighted by Gasteiger charge is -2.25. The zero-order valence-electron chi connectivity index (χ0n) is 11.5. The number of hydrogen-bond acceptors (Lipinski definition) is 1. The van der Waals surface area contributed by atoms with Crippen LogP contribution in [0.2, 0.25) is 0 Å². The molecule has 0 rings (SSSR count). The summed E-state index contributed by atoms with van der Waals surface area (Å²) in [6.45, 7) is 14.0. The summed E-state index contributed by atoms with van der Waals surface area (Å²) in [7, 11) is 0. The van der Waals surface area contributed by atoms with Gasteiger partial charge in [0.1, 0.15) is 0 Å². The van der Waals surface area contributed by atoms with E-state index in [1.54, 1.807) is 0 Å². The van der Waals surface area contributed by atoms with Gasteiger partial charge in [-0.3, -0.25) is 0 Å². The Kier molecular flexibility index (Phi) is 9.18. The van der Waals surface area contributed by atoms with Gasteiger partial charge in [-0.25, -0.2) is 0 Å². The van der Waals surface area contributed by atoms with Gasteiger partial charge in [-0.05, 0) is 37.3 Å². The van der Waals surface area contributed by atoms with Crippen molar-refractivity contribution in [3.63, 3.8) is 0 Å². The van der Waals surface area contributed by atoms with E-state index in [2.05, 4.69) is 39.9 Å². The van der Waals surface area contributed by atoms with Crippen molar-refractivity contribution in [3.8, 4) is 0 Å². The Hall–Kier alpha value is -0.0400. The molecule has 0 aromatic carbocycles. The van der Waals surface area contributed by atoms with Crippen molar-refractivity contribution >= 4 is 0 Å². The molecular formula is C14H31N. The van der Waals surface area contributed by atoms with Gasteiger partial charge in [0.2, 0.25) is 0 Å². The summed E-state index contributed by atoms with van der Waals surface area (Å²) in [5.41, 5.74) is 0. The molecule has 0 radical (unpaired) electrons. The van der Waals surface area contributed by atoms with Crippen LogP contribution in [-0.2, 0) is 0 Å². The van der Waals surface area contributed by atoms with Gasteiger partial charge >= 0.3 is 0 Å². The Morgan fingerprint density at radius 3 is 1.93 bits per heavy atom. The highest BCUT2D eigenvalue weighted by Crippen LogP contribution is 2.19. The molecule has 0 saturated carbocycles. The van der Waals surface area contributed by atoms with E-state index in [0.717, 1.165) is 17.8 Å². The zero-order chi connectivity index (χ0) is 11.7. The van der Waals surface area contributed by atoms with Crippen LogP contribution in [0.25, 0.3) is 0 Å². The molecule has 0 aromatic rings. The van der Waals surface area contributed by atoms with Gasteiger partial charge in [-0.1, -0.05) is 53.9 Å². The third-order valence-electron chi connectivity index (χ3n) is 3.30. The van der Waals surface area contributed by atoms with Gasteiger partial charge in [0.15, 0.2) is 0 Å². The molecule has 0 bridgehead atoms. The van der Waals surface area contributed by atoms with Gasteiger partial charge in [0, 0.05) is 0 Å². The molecule has 0 spiro atoms. The number of unbranched alkanes of at least 4 members (excludes halogenated alkanes) is 3. The van der Waals surface area contributed by atoms with Crippen LogP contribution in [-0.4, -0.2) is 13.1 Å². The standard InChI is InChI=1S/C14H31N/c1-6-7-8-9-10-15-11-14(12(2)3)13(4)5/h12-15H,6-11H2,1-5H3. The fourth-order valence-corrected chi connectivity index (χ4v) is 2.19. The Morgan fingerprint density at radius 1 is 0.867 bits per heavy atom. The fourth-order valence-electron chi connectivity index (χ4n) is 2.19. The predicted molar refractivity (Wildman–Crippen MR) is 70.2 cm³/mol. The van der Waals surface area contributed by atoms with Crippen LogP contribution in [0.1, 0.15) is 60.3 Å². The van der Waals surface area contributed by atoms with Gasteiger partial charge < -0.3 is 5.32 Å². The average Bonchev–Trinajstić information content (AvgIpc) is 2.15. The lowest BCUT2D eigenvalue weighted by Crippen LogP contribution is -2.30. The van der Waals surface area contributed by atoms with Crippen LogP contribution in [0.15, 0.2) is 0 Å². The molecule has 0 atom stereocenters. The molecule has 0 fully saturated rings. The van der Waals surface area contributed by atoms with Crippen LogP contribution >= 0.6 is 0 Å². The largest absolute Gasteiger partial charge is 0.316 e. The molecule has 1 N–H and O–H groups in total. The van der Waals surface area contributed by atoms with Crippen LogP contribution in [0.5, 0.6) is 0 Å². The highest BCUT2D eigenvalue weighted by Gasteiger charge is 2.16. The second kappa shape index (κ2) is 9.21. The van der Waals surface area contributed by atoms with Gasteiger partial charge in [0.05, 0.1) is 0 Å². The minimum absolute atomic E-state index is 0.799. The molecule has 1 heteroatoms. The van der Waals surface area contributed by atoms with E-state index in [0.29, 0.717) is 0 Å². The van der Waals surface area contributed by atoms with Gasteiger partial charge in [0.25, 0.3) is 0 Å². The molecule has 0 heterocycles. The second-order valence-electron chi connectivity index (χ2n) is 5.42. The van der Waals surface area contributed by atoms with Gasteiger partial charge in [-0.2, -0.15) is 0 Å². The van der Waals surface area contributed by atoms with Crippen LogP contribution in [0.4, 0.5) is 0 Å². The van der Waals surface area contributed by atoms with E-state index in [-0.39, 0.29) is 0 Å². The van der Waals surface area contributed by atoms with E-state index in [4.69, 9.17) is 0 Å². The molecule has 92 valence electrons. The third-order valence-corrected chi connectivity index (χ3v) is 3.30. The first kappa shape index (κ1) is 15.0. The normalized spacial score (nSPS) is 12.0. The molecule has 0 aliphatic carbocycles. The fraction of sp³-hybridized carbons (Fsp3) is 1.00. The summed E-state index contributed by atoms with van der Waals surface area (Å²) in [5, 5.41) is 3.61. The highest BCUT2D eigenvalue weighted by atomic mass is 14.9. The molecule has 0 amide bonds. The van der Waals surface area contributed by atoms with E-state index in [9.17, 15) is 0 Å². The Morgan fingerprint density at radius 2 is 1.47 bits per heavy atom. The summed E-state index contributed by atoms with van der Waals surface area (Å²) < 4.78 is 0. The summed E-state index contributed by atoms with van der Waals surface area (Å²) in [5.74, 6) is 2.43. The molecule has 1 nitrogen and oxygen atoms in total. The number of hydrogen-bond donors (Lipinski definition) is 1. The molecule has 0 saturated heterocycles. The average molecular weight is 213 g/mol. The summed E-state index contributed by atoms with van der Waals surface area (Å²) in [4.78, 5) is 0. The maximum atomic E-state index is 3.61. The Bertz CT molecular complexity index is 121. The predicted octanol–water partition coefficient (Wildman–Crippen LogP) is 4.08. The molecule has 0 unspecified atom stereocenters. The van der Waals surface area contributed by atoms with E-state index < -0.39 is 0 Å². The van der Waals surface area contributed by atoms with E-state index >= 15 is 0 Å². The zero-order valence-corrected chi connectivity index (χ0v) is 11.5. The molecule has 0 aliphatic rings. The number of rotatable bonds is 9. The minimum Gasteiger partial charge on any atom is -0.316 e. The lowest BCUT2D eigenvalue weighted by molar-refractivity contribution is 0.275. The molecule has 0 aliphatic heterocycles. The van der Waals surface area contributed by atoms with Crippen molar-refractivity contribution in [3.05, 3.63) is 0 Å². The first-order valence-corrected chi connectivity index (χ1v) is 6.80. The quantitative estimate of drug-likeness (QED) is 0.569. The Labute approximate surface area is 97.0 Å². The SMILES string of the molecule is CCCCCCNCC(C(C)C)C(C)C. The molecule has 15 heavy (non-hydrogen) atoms. The highest BCUT2D eigenvalue weighted by molar-refractivity contribution is 4.69. The van der Waals surface area contributed by atoms with Crippen LogP contribution in [0, 0.1) is 17.8 Å². The van der Waals surface area contributed by atoms with Gasteiger partial charge in [-0.15, -0.1) is 0 Å². The topological polar surface area (TPSA) is 12.0 Å². The molecule has 0 aromatic heterocycles. The van der Waals surface area contributed by atoms with Crippen molar-refractivity contribution in [2.24, 2.45) is 17.8 Å². The van der Waals surface area contributed by atoms with Crippen LogP contribution < -0.4 is 5.32 Å². The van der Waals surface area contributed by atoms with E-state index in [1.165, 1.54) is 38.8 Å². The number of nitrogens with one attached hydrogen (secondary N) is 1. The maximum Gasteiger partial charge on any atom is -0.00156 e. The van der Waals surface area contributed by atoms with Crippen molar-refractivity contribution in [2.45, 2.75) is 60.3 Å². The van der Waals surface area contributed by atoms with Crippen molar-refractivity contribution in [2.75, 3.05) is 13.1 Å². The monoisotopic (exact) mass is 213 g/mol. The summed E-state index contributed by atoms with van der Waals surface area (Å²) in [6.07, 6.45) is 5.45. The third kappa shape index (κ3) is 7.84.